The molecule has 0 amide bonds. The fraction of sp³-hybridized carbons (Fsp3) is 0.650. The van der Waals surface area contributed by atoms with Gasteiger partial charge in [-0.2, -0.15) is 0 Å². The second kappa shape index (κ2) is 5.76. The zero-order chi connectivity index (χ0) is 16.9. The number of hydrogen-bond acceptors (Lipinski definition) is 2. The van der Waals surface area contributed by atoms with E-state index in [1.807, 2.05) is 0 Å². The van der Waals surface area contributed by atoms with Gasteiger partial charge in [-0.05, 0) is 78.4 Å². The summed E-state index contributed by atoms with van der Waals surface area (Å²) in [5.74, 6) is 2.27. The van der Waals surface area contributed by atoms with E-state index >= 15 is 0 Å². The summed E-state index contributed by atoms with van der Waals surface area (Å²) < 4.78 is 0. The summed E-state index contributed by atoms with van der Waals surface area (Å²) in [4.78, 5) is 4.13. The summed E-state index contributed by atoms with van der Waals surface area (Å²) in [6, 6.07) is 6.80. The minimum Gasteiger partial charge on any atom is -0.393 e. The third kappa shape index (κ3) is 2.43. The van der Waals surface area contributed by atoms with Crippen molar-refractivity contribution in [2.75, 3.05) is 0 Å². The lowest BCUT2D eigenvalue weighted by molar-refractivity contribution is -0.0226. The highest BCUT2D eigenvalue weighted by molar-refractivity contribution is 5.75. The lowest BCUT2D eigenvalue weighted by atomic mass is 9.55. The number of nitrogens with two attached hydrogens (primary N) is 2. The van der Waals surface area contributed by atoms with Crippen molar-refractivity contribution in [1.82, 2.24) is 0 Å². The van der Waals surface area contributed by atoms with Crippen LogP contribution in [0.5, 0.6) is 0 Å². The van der Waals surface area contributed by atoms with E-state index in [-0.39, 0.29) is 17.5 Å². The molecule has 5 atom stereocenters. The number of fused-ring (bicyclic) bond motifs is 5. The van der Waals surface area contributed by atoms with Crippen LogP contribution in [-0.2, 0) is 13.0 Å². The van der Waals surface area contributed by atoms with Crippen LogP contribution >= 0.6 is 0 Å². The molecule has 1 aromatic rings. The maximum Gasteiger partial charge on any atom is 0.186 e. The summed E-state index contributed by atoms with van der Waals surface area (Å²) >= 11 is 0. The molecule has 3 aliphatic carbocycles. The van der Waals surface area contributed by atoms with Gasteiger partial charge in [0.25, 0.3) is 0 Å². The van der Waals surface area contributed by atoms with E-state index in [9.17, 15) is 5.11 Å². The molecular weight excluding hydrogens is 298 g/mol. The van der Waals surface area contributed by atoms with Gasteiger partial charge >= 0.3 is 0 Å². The molecule has 4 nitrogen and oxygen atoms in total. The summed E-state index contributed by atoms with van der Waals surface area (Å²) in [6.07, 6.45) is 6.90. The molecule has 0 saturated heterocycles. The second-order valence-electron chi connectivity index (χ2n) is 8.33. The minimum absolute atomic E-state index is 0.0909. The predicted octanol–water partition coefficient (Wildman–Crippen LogP) is 2.68. The first-order chi connectivity index (χ1) is 11.5. The van der Waals surface area contributed by atoms with Crippen LogP contribution in [0.3, 0.4) is 0 Å². The van der Waals surface area contributed by atoms with Crippen molar-refractivity contribution >= 4 is 5.96 Å². The molecule has 1 aromatic carbocycles. The number of nitrogens with zero attached hydrogens (tertiary/aromatic N) is 1. The van der Waals surface area contributed by atoms with Crippen molar-refractivity contribution in [2.45, 2.75) is 64.0 Å². The fourth-order valence-electron chi connectivity index (χ4n) is 5.89. The lowest BCUT2D eigenvalue weighted by Gasteiger charge is -2.50. The van der Waals surface area contributed by atoms with Gasteiger partial charge in [0.05, 0.1) is 12.6 Å². The monoisotopic (exact) mass is 327 g/mol. The molecule has 24 heavy (non-hydrogen) atoms. The third-order valence-corrected chi connectivity index (χ3v) is 7.19. The van der Waals surface area contributed by atoms with E-state index in [2.05, 4.69) is 30.1 Å². The Morgan fingerprint density at radius 3 is 2.88 bits per heavy atom. The van der Waals surface area contributed by atoms with Gasteiger partial charge in [-0.3, -0.25) is 0 Å². The average molecular weight is 327 g/mol. The zero-order valence-corrected chi connectivity index (χ0v) is 14.5. The Hall–Kier alpha value is -1.55. The predicted molar refractivity (Wildman–Crippen MR) is 96.6 cm³/mol. The molecule has 0 heterocycles. The fourth-order valence-corrected chi connectivity index (χ4v) is 5.89. The van der Waals surface area contributed by atoms with Crippen molar-refractivity contribution < 1.29 is 5.11 Å². The number of rotatable bonds is 2. The van der Waals surface area contributed by atoms with Gasteiger partial charge in [0.2, 0.25) is 0 Å². The topological polar surface area (TPSA) is 84.6 Å². The van der Waals surface area contributed by atoms with E-state index in [1.165, 1.54) is 30.4 Å². The minimum atomic E-state index is -0.0909. The SMILES string of the molecule is C[C@]12CC[C@@H]3c4ccc(CN=C(N)N)cc4CC[C@H]3[C@@H]1CC[C@@H]2O. The van der Waals surface area contributed by atoms with Gasteiger partial charge in [0, 0.05) is 0 Å². The summed E-state index contributed by atoms with van der Waals surface area (Å²) in [7, 11) is 0. The standard InChI is InChI=1S/C20H29N3O/c1-20-9-8-15-14-4-2-12(11-23-19(21)22)10-13(14)3-5-16(15)17(20)6-7-18(20)24/h2,4,10,15-18,24H,3,5-9,11H2,1H3,(H4,21,22,23)/t15-,16-,17+,18+,20+/m1/s1. The highest BCUT2D eigenvalue weighted by Gasteiger charge is 2.54. The van der Waals surface area contributed by atoms with E-state index in [1.54, 1.807) is 5.56 Å². The molecule has 0 unspecified atom stereocenters. The number of aliphatic hydroxyl groups excluding tert-OH is 1. The van der Waals surface area contributed by atoms with Crippen molar-refractivity contribution in [3.8, 4) is 0 Å². The van der Waals surface area contributed by atoms with Gasteiger partial charge in [0.1, 0.15) is 0 Å². The molecule has 2 fully saturated rings. The van der Waals surface area contributed by atoms with E-state index in [0.29, 0.717) is 18.4 Å². The summed E-state index contributed by atoms with van der Waals surface area (Å²) in [5.41, 5.74) is 15.3. The smallest absolute Gasteiger partial charge is 0.186 e. The number of hydrogen-bond donors (Lipinski definition) is 3. The van der Waals surface area contributed by atoms with E-state index in [0.717, 1.165) is 25.2 Å². The van der Waals surface area contributed by atoms with Gasteiger partial charge in [-0.25, -0.2) is 4.99 Å². The van der Waals surface area contributed by atoms with Crippen molar-refractivity contribution in [3.05, 3.63) is 34.9 Å². The summed E-state index contributed by atoms with van der Waals surface area (Å²) in [5, 5.41) is 10.5. The number of aryl methyl sites for hydroxylation is 1. The van der Waals surface area contributed by atoms with Crippen LogP contribution in [0.1, 0.15) is 61.6 Å². The highest BCUT2D eigenvalue weighted by Crippen LogP contribution is 2.60. The normalized spacial score (nSPS) is 37.2. The Morgan fingerprint density at radius 1 is 1.25 bits per heavy atom. The van der Waals surface area contributed by atoms with Crippen molar-refractivity contribution in [1.29, 1.82) is 0 Å². The van der Waals surface area contributed by atoms with Gasteiger partial charge in [0.15, 0.2) is 5.96 Å². The van der Waals surface area contributed by atoms with Crippen LogP contribution in [0, 0.1) is 17.3 Å². The van der Waals surface area contributed by atoms with E-state index < -0.39 is 0 Å². The van der Waals surface area contributed by atoms with Gasteiger partial charge in [-0.1, -0.05) is 25.1 Å². The number of benzene rings is 1. The van der Waals surface area contributed by atoms with Crippen LogP contribution < -0.4 is 11.5 Å². The number of guanidine groups is 1. The summed E-state index contributed by atoms with van der Waals surface area (Å²) in [6.45, 7) is 2.90. The molecule has 130 valence electrons. The Labute approximate surface area is 144 Å². The van der Waals surface area contributed by atoms with Gasteiger partial charge in [-0.15, -0.1) is 0 Å². The molecule has 5 N–H and O–H groups in total. The molecule has 4 heteroatoms. The molecule has 0 bridgehead atoms. The van der Waals surface area contributed by atoms with E-state index in [4.69, 9.17) is 11.5 Å². The number of aliphatic imine (C=N–C) groups is 1. The van der Waals surface area contributed by atoms with Crippen molar-refractivity contribution in [3.63, 3.8) is 0 Å². The molecule has 2 saturated carbocycles. The average Bonchev–Trinajstić information content (AvgIpc) is 2.88. The Kier molecular flexibility index (Phi) is 3.83. The molecule has 0 aromatic heterocycles. The maximum atomic E-state index is 10.5. The largest absolute Gasteiger partial charge is 0.393 e. The highest BCUT2D eigenvalue weighted by atomic mass is 16.3. The molecule has 0 spiro atoms. The van der Waals surface area contributed by atoms with Crippen LogP contribution in [0.15, 0.2) is 23.2 Å². The lowest BCUT2D eigenvalue weighted by Crippen LogP contribution is -2.43. The molecule has 0 radical (unpaired) electrons. The Morgan fingerprint density at radius 2 is 2.08 bits per heavy atom. The second-order valence-corrected chi connectivity index (χ2v) is 8.33. The van der Waals surface area contributed by atoms with Crippen LogP contribution in [0.2, 0.25) is 0 Å². The van der Waals surface area contributed by atoms with Crippen LogP contribution in [-0.4, -0.2) is 17.2 Å². The van der Waals surface area contributed by atoms with Crippen LogP contribution in [0.4, 0.5) is 0 Å². The van der Waals surface area contributed by atoms with Crippen molar-refractivity contribution in [2.24, 2.45) is 33.7 Å². The first-order valence-electron chi connectivity index (χ1n) is 9.34. The molecule has 4 rings (SSSR count). The quantitative estimate of drug-likeness (QED) is 0.577. The molecule has 0 aliphatic heterocycles. The first-order valence-corrected chi connectivity index (χ1v) is 9.34. The van der Waals surface area contributed by atoms with Gasteiger partial charge < -0.3 is 16.6 Å². The first kappa shape index (κ1) is 15.9. The molecular formula is C20H29N3O. The molecule has 3 aliphatic rings. The van der Waals surface area contributed by atoms with Crippen LogP contribution in [0.25, 0.3) is 0 Å². The third-order valence-electron chi connectivity index (χ3n) is 7.19. The number of aliphatic hydroxyl groups is 1. The Balaban J connectivity index is 1.60. The zero-order valence-electron chi connectivity index (χ0n) is 14.5. The Bertz CT molecular complexity index is 667. The maximum absolute atomic E-state index is 10.5.